The molecule has 2 aromatic carbocycles. The molecule has 1 fully saturated rings. The predicted octanol–water partition coefficient (Wildman–Crippen LogP) is 4.05. The van der Waals surface area contributed by atoms with Crippen LogP contribution in [0, 0.1) is 17.8 Å². The third-order valence-corrected chi connectivity index (χ3v) is 8.10. The van der Waals surface area contributed by atoms with Gasteiger partial charge in [0.05, 0.1) is 11.3 Å². The zero-order chi connectivity index (χ0) is 23.4. The van der Waals surface area contributed by atoms with E-state index < -0.39 is 27.9 Å². The van der Waals surface area contributed by atoms with Gasteiger partial charge in [0.25, 0.3) is 5.91 Å². The molecule has 4 atom stereocenters. The molecule has 5 rings (SSSR count). The van der Waals surface area contributed by atoms with Crippen molar-refractivity contribution < 1.29 is 26.4 Å². The number of hydrogen-bond donors (Lipinski definition) is 3. The normalized spacial score (nSPS) is 27.1. The Morgan fingerprint density at radius 2 is 1.82 bits per heavy atom. The molecule has 174 valence electrons. The second kappa shape index (κ2) is 7.88. The maximum atomic E-state index is 13.1. The van der Waals surface area contributed by atoms with Crippen LogP contribution in [0.2, 0.25) is 0 Å². The molecular formula is C23H22F3N3O3S. The Labute approximate surface area is 189 Å². The summed E-state index contributed by atoms with van der Waals surface area (Å²) in [4.78, 5) is 12.3. The number of nitrogens with one attached hydrogen (secondary N) is 3. The first-order valence-corrected chi connectivity index (χ1v) is 12.1. The lowest BCUT2D eigenvalue weighted by molar-refractivity contribution is -0.137. The van der Waals surface area contributed by atoms with E-state index in [1.165, 1.54) is 0 Å². The van der Waals surface area contributed by atoms with Crippen LogP contribution in [0.5, 0.6) is 0 Å². The summed E-state index contributed by atoms with van der Waals surface area (Å²) in [5.74, 6) is 1.39. The number of carbonyl (C=O) groups excluding carboxylic acids is 1. The van der Waals surface area contributed by atoms with Gasteiger partial charge in [-0.15, -0.1) is 0 Å². The summed E-state index contributed by atoms with van der Waals surface area (Å²) in [7, 11) is -4.02. The van der Waals surface area contributed by atoms with Crippen LogP contribution in [-0.2, 0) is 16.2 Å². The Bertz CT molecular complexity index is 1230. The maximum Gasteiger partial charge on any atom is 0.416 e. The van der Waals surface area contributed by atoms with Crippen LogP contribution < -0.4 is 15.4 Å². The number of allylic oxidation sites excluding steroid dienone is 2. The molecule has 1 amide bonds. The van der Waals surface area contributed by atoms with Gasteiger partial charge in [0.15, 0.2) is 0 Å². The minimum Gasteiger partial charge on any atom is -0.364 e. The van der Waals surface area contributed by atoms with Crippen LogP contribution in [0.1, 0.15) is 40.5 Å². The zero-order valence-electron chi connectivity index (χ0n) is 17.4. The van der Waals surface area contributed by atoms with Crippen molar-refractivity contribution in [2.45, 2.75) is 30.1 Å². The average molecular weight is 478 g/mol. The summed E-state index contributed by atoms with van der Waals surface area (Å²) in [6.45, 7) is 0.606. The van der Waals surface area contributed by atoms with Crippen LogP contribution >= 0.6 is 0 Å². The van der Waals surface area contributed by atoms with Crippen molar-refractivity contribution in [3.63, 3.8) is 0 Å². The quantitative estimate of drug-likeness (QED) is 0.580. The molecular weight excluding hydrogens is 455 g/mol. The predicted molar refractivity (Wildman–Crippen MR) is 116 cm³/mol. The van der Waals surface area contributed by atoms with E-state index in [0.29, 0.717) is 35.4 Å². The highest BCUT2D eigenvalue weighted by molar-refractivity contribution is 7.89. The lowest BCUT2D eigenvalue weighted by Gasteiger charge is -2.29. The second-order valence-electron chi connectivity index (χ2n) is 8.78. The van der Waals surface area contributed by atoms with Crippen molar-refractivity contribution in [2.75, 3.05) is 11.9 Å². The maximum absolute atomic E-state index is 13.1. The van der Waals surface area contributed by atoms with Crippen molar-refractivity contribution in [2.24, 2.45) is 17.8 Å². The van der Waals surface area contributed by atoms with E-state index >= 15 is 0 Å². The summed E-state index contributed by atoms with van der Waals surface area (Å²) in [5, 5.41) is 5.78. The number of halogens is 3. The highest BCUT2D eigenvalue weighted by atomic mass is 32.2. The first kappa shape index (κ1) is 22.0. The molecule has 3 N–H and O–H groups in total. The van der Waals surface area contributed by atoms with Crippen molar-refractivity contribution in [3.8, 4) is 0 Å². The van der Waals surface area contributed by atoms with Gasteiger partial charge in [-0.05, 0) is 66.5 Å². The van der Waals surface area contributed by atoms with Crippen LogP contribution in [0.25, 0.3) is 0 Å². The lowest BCUT2D eigenvalue weighted by atomic mass is 9.93. The summed E-state index contributed by atoms with van der Waals surface area (Å²) >= 11 is 0. The molecule has 0 radical (unpaired) electrons. The van der Waals surface area contributed by atoms with Gasteiger partial charge in [0, 0.05) is 12.1 Å². The molecule has 0 aromatic heterocycles. The smallest absolute Gasteiger partial charge is 0.364 e. The van der Waals surface area contributed by atoms with Gasteiger partial charge < -0.3 is 10.6 Å². The fourth-order valence-electron chi connectivity index (χ4n) is 4.89. The number of fused-ring (bicyclic) bond motifs is 3. The molecule has 2 bridgehead atoms. The van der Waals surface area contributed by atoms with Crippen LogP contribution in [0.15, 0.2) is 59.5 Å². The van der Waals surface area contributed by atoms with Crippen LogP contribution in [0.4, 0.5) is 18.9 Å². The largest absolute Gasteiger partial charge is 0.416 e. The van der Waals surface area contributed by atoms with Crippen molar-refractivity contribution in [1.29, 1.82) is 0 Å². The highest BCUT2D eigenvalue weighted by Crippen LogP contribution is 2.43. The lowest BCUT2D eigenvalue weighted by Crippen LogP contribution is -2.38. The number of rotatable bonds is 4. The number of hydrogen-bond acceptors (Lipinski definition) is 4. The minimum atomic E-state index is -4.59. The number of alkyl halides is 3. The molecule has 0 unspecified atom stereocenters. The SMILES string of the molecule is O=C(NC[C@H]1C[C@H]2C=C[C@H]1C2)c1ccc([C@@H]2Nc3cc(C(F)(F)F)ccc3S(=O)(=O)N2)cc1. The Kier molecular flexibility index (Phi) is 5.24. The standard InChI is InChI=1S/C23H22F3N3O3S/c24-23(25,26)18-7-8-20-19(11-18)28-21(29-33(20,31)32)14-3-5-15(6-4-14)22(30)27-12-17-10-13-1-2-16(17)9-13/h1-8,11,13,16-17,21,28-29H,9-10,12H2,(H,27,30)/t13-,16-,17+,21+/m0/s1. The van der Waals surface area contributed by atoms with Crippen molar-refractivity contribution >= 4 is 21.6 Å². The Morgan fingerprint density at radius 3 is 2.45 bits per heavy atom. The molecule has 3 aliphatic rings. The summed E-state index contributed by atoms with van der Waals surface area (Å²) < 4.78 is 66.7. The van der Waals surface area contributed by atoms with E-state index in [0.717, 1.165) is 31.0 Å². The molecule has 0 saturated heterocycles. The zero-order valence-corrected chi connectivity index (χ0v) is 18.2. The molecule has 2 aromatic rings. The van der Waals surface area contributed by atoms with Gasteiger partial charge in [0.1, 0.15) is 11.1 Å². The second-order valence-corrected chi connectivity index (χ2v) is 10.5. The highest BCUT2D eigenvalue weighted by Gasteiger charge is 2.36. The molecule has 6 nitrogen and oxygen atoms in total. The molecule has 10 heteroatoms. The fourth-order valence-corrected chi connectivity index (χ4v) is 6.18. The monoisotopic (exact) mass is 477 g/mol. The number of carbonyl (C=O) groups is 1. The Morgan fingerprint density at radius 1 is 1.06 bits per heavy atom. The minimum absolute atomic E-state index is 0.129. The van der Waals surface area contributed by atoms with Gasteiger partial charge in [-0.1, -0.05) is 24.3 Å². The van der Waals surface area contributed by atoms with E-state index in [-0.39, 0.29) is 16.5 Å². The van der Waals surface area contributed by atoms with Gasteiger partial charge in [-0.2, -0.15) is 17.9 Å². The third kappa shape index (κ3) is 4.24. The van der Waals surface area contributed by atoms with E-state index in [4.69, 9.17) is 0 Å². The average Bonchev–Trinajstić information content (AvgIpc) is 3.39. The summed E-state index contributed by atoms with van der Waals surface area (Å²) in [5.41, 5.74) is -0.176. The molecule has 1 saturated carbocycles. The van der Waals surface area contributed by atoms with Crippen LogP contribution in [-0.4, -0.2) is 20.9 Å². The molecule has 2 aliphatic carbocycles. The van der Waals surface area contributed by atoms with E-state index in [1.54, 1.807) is 24.3 Å². The number of amides is 1. The van der Waals surface area contributed by atoms with Crippen LogP contribution in [0.3, 0.4) is 0 Å². The van der Waals surface area contributed by atoms with E-state index in [2.05, 4.69) is 27.5 Å². The first-order chi connectivity index (χ1) is 15.6. The Balaban J connectivity index is 1.29. The summed E-state index contributed by atoms with van der Waals surface area (Å²) in [6.07, 6.45) is 1.16. The van der Waals surface area contributed by atoms with Gasteiger partial charge in [-0.25, -0.2) is 8.42 Å². The molecule has 0 spiro atoms. The number of sulfonamides is 1. The van der Waals surface area contributed by atoms with E-state index in [1.807, 2.05) is 0 Å². The molecule has 1 heterocycles. The van der Waals surface area contributed by atoms with Crippen molar-refractivity contribution in [1.82, 2.24) is 10.0 Å². The van der Waals surface area contributed by atoms with Gasteiger partial charge in [-0.3, -0.25) is 4.79 Å². The topological polar surface area (TPSA) is 87.3 Å². The third-order valence-electron chi connectivity index (χ3n) is 6.62. The fraction of sp³-hybridized carbons (Fsp3) is 0.348. The Hall–Kier alpha value is -2.85. The van der Waals surface area contributed by atoms with Gasteiger partial charge in [0.2, 0.25) is 10.0 Å². The molecule has 33 heavy (non-hydrogen) atoms. The van der Waals surface area contributed by atoms with Crippen molar-refractivity contribution in [3.05, 3.63) is 71.3 Å². The van der Waals surface area contributed by atoms with E-state index in [9.17, 15) is 26.4 Å². The first-order valence-electron chi connectivity index (χ1n) is 10.7. The number of benzene rings is 2. The summed E-state index contributed by atoms with van der Waals surface area (Å²) in [6, 6.07) is 8.75. The van der Waals surface area contributed by atoms with Gasteiger partial charge >= 0.3 is 6.18 Å². The molecule has 1 aliphatic heterocycles. The number of anilines is 1.